The topological polar surface area (TPSA) is 160 Å². The molecule has 0 spiro atoms. The molecule has 2 unspecified atom stereocenters. The third-order valence-corrected chi connectivity index (χ3v) is 7.80. The molecule has 1 fully saturated rings. The molecular weight excluding hydrogens is 566 g/mol. The highest BCUT2D eigenvalue weighted by Crippen LogP contribution is 2.54. The van der Waals surface area contributed by atoms with Gasteiger partial charge in [0.15, 0.2) is 0 Å². The maximum absolute atomic E-state index is 14.5. The number of ether oxygens (including phenoxy) is 2. The van der Waals surface area contributed by atoms with E-state index in [1.165, 1.54) is 0 Å². The van der Waals surface area contributed by atoms with Crippen LogP contribution in [-0.4, -0.2) is 65.8 Å². The van der Waals surface area contributed by atoms with Crippen LogP contribution < -0.4 is 16.0 Å². The fraction of sp³-hybridized carbons (Fsp3) is 0.485. The predicted molar refractivity (Wildman–Crippen MR) is 162 cm³/mol. The van der Waals surface area contributed by atoms with Gasteiger partial charge in [0.05, 0.1) is 5.92 Å². The molecule has 2 aliphatic rings. The predicted octanol–water partition coefficient (Wildman–Crippen LogP) is 3.89. The van der Waals surface area contributed by atoms with Gasteiger partial charge >= 0.3 is 18.0 Å². The Bertz CT molecular complexity index is 1360. The number of rotatable bonds is 3. The van der Waals surface area contributed by atoms with Crippen LogP contribution in [0, 0.1) is 5.92 Å². The standard InChI is InChI=1S/C33H41N3O8/c1-32(2,3)43-30(41)33(28-23-13-6-4-11-21(23)22-12-5-7-14-24(22)28)25(29(39)40)15-8-18-34-26(37)16-9-19-35-27(38)17-10-20-36-31(42)44-33/h4-7,11-14,25,28H,8-10,15-20H2,1-3H3,(H,34,37)(H,35,38)(H,36,42)(H,39,40). The molecule has 11 heteroatoms. The van der Waals surface area contributed by atoms with Crippen LogP contribution in [0.2, 0.25) is 0 Å². The van der Waals surface area contributed by atoms with Crippen molar-refractivity contribution >= 4 is 29.8 Å². The average molecular weight is 608 g/mol. The SMILES string of the molecule is CC(C)(C)OC(=O)C1(C2c3ccccc3-c3ccccc32)OC(=O)NCCCC(=O)NCCCC(=O)NCCCC1C(=O)O. The lowest BCUT2D eigenvalue weighted by Gasteiger charge is -2.42. The van der Waals surface area contributed by atoms with E-state index in [0.717, 1.165) is 11.1 Å². The summed E-state index contributed by atoms with van der Waals surface area (Å²) in [4.78, 5) is 65.9. The van der Waals surface area contributed by atoms with Crippen LogP contribution >= 0.6 is 0 Å². The second-order valence-corrected chi connectivity index (χ2v) is 12.2. The Labute approximate surface area is 257 Å². The van der Waals surface area contributed by atoms with Crippen molar-refractivity contribution in [2.75, 3.05) is 19.6 Å². The minimum absolute atomic E-state index is 0.0502. The summed E-state index contributed by atoms with van der Waals surface area (Å²) in [7, 11) is 0. The van der Waals surface area contributed by atoms with E-state index in [1.54, 1.807) is 45.0 Å². The van der Waals surface area contributed by atoms with Crippen LogP contribution in [0.25, 0.3) is 11.1 Å². The largest absolute Gasteiger partial charge is 0.481 e. The zero-order chi connectivity index (χ0) is 31.9. The average Bonchev–Trinajstić information content (AvgIpc) is 3.30. The number of hydrogen-bond donors (Lipinski definition) is 4. The van der Waals surface area contributed by atoms with E-state index in [9.17, 15) is 29.1 Å². The number of nitrogens with one attached hydrogen (secondary N) is 3. The number of fused-ring (bicyclic) bond motifs is 3. The molecule has 1 heterocycles. The van der Waals surface area contributed by atoms with Gasteiger partial charge in [-0.3, -0.25) is 14.4 Å². The molecule has 0 aromatic heterocycles. The lowest BCUT2D eigenvalue weighted by molar-refractivity contribution is -0.191. The highest BCUT2D eigenvalue weighted by molar-refractivity contribution is 5.94. The number of amides is 3. The van der Waals surface area contributed by atoms with Gasteiger partial charge in [-0.05, 0) is 68.7 Å². The quantitative estimate of drug-likeness (QED) is 0.383. The van der Waals surface area contributed by atoms with Crippen LogP contribution in [-0.2, 0) is 28.7 Å². The van der Waals surface area contributed by atoms with Gasteiger partial charge in [0, 0.05) is 32.5 Å². The van der Waals surface area contributed by atoms with E-state index in [4.69, 9.17) is 9.47 Å². The first kappa shape index (κ1) is 32.5. The molecule has 3 amide bonds. The van der Waals surface area contributed by atoms with Gasteiger partial charge in [0.25, 0.3) is 0 Å². The molecule has 2 aromatic carbocycles. The van der Waals surface area contributed by atoms with E-state index < -0.39 is 41.1 Å². The Morgan fingerprint density at radius 1 is 0.818 bits per heavy atom. The van der Waals surface area contributed by atoms with Crippen molar-refractivity contribution < 1.29 is 38.6 Å². The first-order valence-corrected chi connectivity index (χ1v) is 15.1. The first-order valence-electron chi connectivity index (χ1n) is 15.1. The van der Waals surface area contributed by atoms with Crippen molar-refractivity contribution in [3.63, 3.8) is 0 Å². The van der Waals surface area contributed by atoms with Gasteiger partial charge in [-0.15, -0.1) is 0 Å². The summed E-state index contributed by atoms with van der Waals surface area (Å²) in [5.41, 5.74) is -0.531. The molecule has 0 saturated carbocycles. The molecule has 44 heavy (non-hydrogen) atoms. The first-order chi connectivity index (χ1) is 20.9. The third-order valence-electron chi connectivity index (χ3n) is 7.80. The molecule has 2 atom stereocenters. The number of carboxylic acid groups (broad SMARTS) is 1. The van der Waals surface area contributed by atoms with Crippen LogP contribution in [0.15, 0.2) is 48.5 Å². The number of carbonyl (C=O) groups excluding carboxylic acids is 4. The van der Waals surface area contributed by atoms with E-state index in [0.29, 0.717) is 24.1 Å². The third kappa shape index (κ3) is 7.38. The second kappa shape index (κ2) is 13.9. The number of benzene rings is 2. The van der Waals surface area contributed by atoms with Crippen LogP contribution in [0.4, 0.5) is 4.79 Å². The van der Waals surface area contributed by atoms with E-state index in [1.807, 2.05) is 24.3 Å². The van der Waals surface area contributed by atoms with Crippen molar-refractivity contribution in [3.05, 3.63) is 59.7 Å². The number of carboxylic acids is 1. The van der Waals surface area contributed by atoms with Crippen LogP contribution in [0.3, 0.4) is 0 Å². The summed E-state index contributed by atoms with van der Waals surface area (Å²) in [5, 5.41) is 18.9. The summed E-state index contributed by atoms with van der Waals surface area (Å²) in [6.45, 7) is 5.51. The van der Waals surface area contributed by atoms with Gasteiger partial charge in [-0.25, -0.2) is 9.59 Å². The Kier molecular flexibility index (Phi) is 10.3. The van der Waals surface area contributed by atoms with Gasteiger partial charge < -0.3 is 30.5 Å². The highest BCUT2D eigenvalue weighted by atomic mass is 16.6. The van der Waals surface area contributed by atoms with Gasteiger partial charge in [-0.1, -0.05) is 48.5 Å². The molecule has 0 bridgehead atoms. The molecule has 1 aliphatic carbocycles. The molecule has 236 valence electrons. The van der Waals surface area contributed by atoms with Gasteiger partial charge in [-0.2, -0.15) is 0 Å². The minimum Gasteiger partial charge on any atom is -0.481 e. The Balaban J connectivity index is 1.86. The summed E-state index contributed by atoms with van der Waals surface area (Å²) < 4.78 is 12.0. The molecule has 4 rings (SSSR count). The van der Waals surface area contributed by atoms with Crippen molar-refractivity contribution in [1.29, 1.82) is 0 Å². The van der Waals surface area contributed by atoms with E-state index >= 15 is 0 Å². The fourth-order valence-electron chi connectivity index (χ4n) is 5.95. The zero-order valence-electron chi connectivity index (χ0n) is 25.4. The molecule has 1 saturated heterocycles. The van der Waals surface area contributed by atoms with Gasteiger partial charge in [0.2, 0.25) is 17.4 Å². The molecule has 11 nitrogen and oxygen atoms in total. The van der Waals surface area contributed by atoms with Crippen molar-refractivity contribution in [2.45, 2.75) is 76.4 Å². The molecular formula is C33H41N3O8. The Morgan fingerprint density at radius 3 is 1.84 bits per heavy atom. The van der Waals surface area contributed by atoms with E-state index in [-0.39, 0.29) is 57.0 Å². The molecule has 4 N–H and O–H groups in total. The summed E-state index contributed by atoms with van der Waals surface area (Å²) in [5.74, 6) is -5.35. The number of hydrogen-bond acceptors (Lipinski definition) is 7. The normalized spacial score (nSPS) is 22.5. The number of aliphatic carboxylic acids is 1. The zero-order valence-corrected chi connectivity index (χ0v) is 25.4. The Hall–Kier alpha value is -4.41. The highest BCUT2D eigenvalue weighted by Gasteiger charge is 2.62. The smallest absolute Gasteiger partial charge is 0.408 e. The maximum Gasteiger partial charge on any atom is 0.408 e. The number of carbonyl (C=O) groups is 5. The summed E-state index contributed by atoms with van der Waals surface area (Å²) in [6.07, 6.45) is 0.119. The molecule has 1 aliphatic heterocycles. The molecule has 0 radical (unpaired) electrons. The van der Waals surface area contributed by atoms with E-state index in [2.05, 4.69) is 16.0 Å². The number of alkyl carbamates (subject to hydrolysis) is 1. The van der Waals surface area contributed by atoms with Crippen molar-refractivity contribution in [2.24, 2.45) is 5.92 Å². The Morgan fingerprint density at radius 2 is 1.32 bits per heavy atom. The fourth-order valence-corrected chi connectivity index (χ4v) is 5.95. The lowest BCUT2D eigenvalue weighted by atomic mass is 9.70. The molecule has 2 aromatic rings. The monoisotopic (exact) mass is 607 g/mol. The lowest BCUT2D eigenvalue weighted by Crippen LogP contribution is -2.59. The maximum atomic E-state index is 14.5. The van der Waals surface area contributed by atoms with Crippen molar-refractivity contribution in [1.82, 2.24) is 16.0 Å². The van der Waals surface area contributed by atoms with Crippen LogP contribution in [0.5, 0.6) is 0 Å². The summed E-state index contributed by atoms with van der Waals surface area (Å²) >= 11 is 0. The number of cyclic esters (lactones) is 1. The minimum atomic E-state index is -2.33. The second-order valence-electron chi connectivity index (χ2n) is 12.2. The summed E-state index contributed by atoms with van der Waals surface area (Å²) in [6, 6.07) is 14.7. The van der Waals surface area contributed by atoms with Gasteiger partial charge in [0.1, 0.15) is 11.5 Å². The van der Waals surface area contributed by atoms with Crippen molar-refractivity contribution in [3.8, 4) is 11.1 Å². The number of esters is 1. The van der Waals surface area contributed by atoms with Crippen LogP contribution in [0.1, 0.15) is 76.3 Å².